The van der Waals surface area contributed by atoms with Gasteiger partial charge in [-0.25, -0.2) is 0 Å². The van der Waals surface area contributed by atoms with Crippen molar-refractivity contribution >= 4 is 23.2 Å². The molecule has 1 aromatic carbocycles. The van der Waals surface area contributed by atoms with Crippen molar-refractivity contribution in [3.8, 4) is 23.8 Å². The SMILES string of the molecule is C#CCOc1c(Cl)cc(C2C3=C(CCCC3=O)N(CCOC)C3=C2C(=O)CCC3)cc1OC. The lowest BCUT2D eigenvalue weighted by Gasteiger charge is -2.44. The molecule has 1 aromatic rings. The molecular weight excluding hydrogens is 442 g/mol. The molecule has 1 aliphatic heterocycles. The van der Waals surface area contributed by atoms with Gasteiger partial charge in [0.15, 0.2) is 23.1 Å². The number of benzene rings is 1. The van der Waals surface area contributed by atoms with Gasteiger partial charge >= 0.3 is 0 Å². The molecule has 0 N–H and O–H groups in total. The first-order chi connectivity index (χ1) is 16.0. The molecule has 4 rings (SSSR count). The average Bonchev–Trinajstić information content (AvgIpc) is 2.81. The maximum atomic E-state index is 13.3. The van der Waals surface area contributed by atoms with Crippen LogP contribution in [0, 0.1) is 12.3 Å². The van der Waals surface area contributed by atoms with Crippen molar-refractivity contribution in [3.63, 3.8) is 0 Å². The van der Waals surface area contributed by atoms with Gasteiger partial charge in [0.25, 0.3) is 0 Å². The first-order valence-electron chi connectivity index (χ1n) is 11.2. The second-order valence-corrected chi connectivity index (χ2v) is 8.79. The van der Waals surface area contributed by atoms with Crippen LogP contribution in [0.5, 0.6) is 11.5 Å². The maximum Gasteiger partial charge on any atom is 0.181 e. The number of carbonyl (C=O) groups is 2. The van der Waals surface area contributed by atoms with Crippen molar-refractivity contribution < 1.29 is 23.8 Å². The molecule has 0 aromatic heterocycles. The topological polar surface area (TPSA) is 65.1 Å². The lowest BCUT2D eigenvalue weighted by atomic mass is 9.71. The van der Waals surface area contributed by atoms with Crippen LogP contribution in [0.3, 0.4) is 0 Å². The van der Waals surface area contributed by atoms with Crippen LogP contribution >= 0.6 is 11.6 Å². The first-order valence-corrected chi connectivity index (χ1v) is 11.6. The van der Waals surface area contributed by atoms with Gasteiger partial charge in [-0.05, 0) is 43.4 Å². The van der Waals surface area contributed by atoms with E-state index >= 15 is 0 Å². The molecule has 0 saturated heterocycles. The first kappa shape index (κ1) is 23.4. The Kier molecular flexibility index (Phi) is 7.11. The summed E-state index contributed by atoms with van der Waals surface area (Å²) in [6.45, 7) is 1.18. The van der Waals surface area contributed by atoms with E-state index in [1.807, 2.05) is 6.07 Å². The zero-order chi connectivity index (χ0) is 23.5. The van der Waals surface area contributed by atoms with Gasteiger partial charge in [-0.1, -0.05) is 17.5 Å². The minimum atomic E-state index is -0.470. The van der Waals surface area contributed by atoms with Crippen LogP contribution in [0.4, 0.5) is 0 Å². The lowest BCUT2D eigenvalue weighted by molar-refractivity contribution is -0.117. The zero-order valence-corrected chi connectivity index (χ0v) is 19.8. The molecule has 3 aliphatic rings. The standard InChI is InChI=1S/C26H28ClNO5/c1-4-12-33-26-17(27)14-16(15-22(26)32-3)23-24-18(7-5-9-20(24)29)28(11-13-31-2)19-8-6-10-21(30)25(19)23/h1,14-15,23H,5-13H2,2-3H3. The molecule has 6 nitrogen and oxygen atoms in total. The summed E-state index contributed by atoms with van der Waals surface area (Å²) in [4.78, 5) is 28.8. The smallest absolute Gasteiger partial charge is 0.181 e. The highest BCUT2D eigenvalue weighted by Gasteiger charge is 2.43. The fourth-order valence-corrected chi connectivity index (χ4v) is 5.44. The highest BCUT2D eigenvalue weighted by atomic mass is 35.5. The number of terminal acetylenes is 1. The van der Waals surface area contributed by atoms with Crippen LogP contribution in [0.1, 0.15) is 50.0 Å². The lowest BCUT2D eigenvalue weighted by Crippen LogP contribution is -2.40. The monoisotopic (exact) mass is 469 g/mol. The second kappa shape index (κ2) is 10.0. The summed E-state index contributed by atoms with van der Waals surface area (Å²) in [5, 5.41) is 0.331. The van der Waals surface area contributed by atoms with Crippen molar-refractivity contribution in [2.75, 3.05) is 34.0 Å². The predicted octanol–water partition coefficient (Wildman–Crippen LogP) is 4.42. The van der Waals surface area contributed by atoms with Gasteiger partial charge in [-0.15, -0.1) is 6.42 Å². The molecule has 0 fully saturated rings. The molecule has 0 spiro atoms. The molecule has 174 valence electrons. The van der Waals surface area contributed by atoms with E-state index in [2.05, 4.69) is 10.8 Å². The number of hydrogen-bond acceptors (Lipinski definition) is 6. The van der Waals surface area contributed by atoms with Crippen molar-refractivity contribution in [2.24, 2.45) is 0 Å². The Morgan fingerprint density at radius 2 is 1.70 bits per heavy atom. The fourth-order valence-electron chi connectivity index (χ4n) is 5.16. The summed E-state index contributed by atoms with van der Waals surface area (Å²) < 4.78 is 16.5. The van der Waals surface area contributed by atoms with Crippen LogP contribution in [0.2, 0.25) is 5.02 Å². The summed E-state index contributed by atoms with van der Waals surface area (Å²) >= 11 is 6.59. The van der Waals surface area contributed by atoms with E-state index in [9.17, 15) is 9.59 Å². The minimum absolute atomic E-state index is 0.0505. The molecule has 33 heavy (non-hydrogen) atoms. The number of Topliss-reactive ketones (excluding diaryl/α,β-unsaturated/α-hetero) is 2. The second-order valence-electron chi connectivity index (χ2n) is 8.38. The molecule has 0 unspecified atom stereocenters. The van der Waals surface area contributed by atoms with E-state index in [1.165, 1.54) is 7.11 Å². The average molecular weight is 470 g/mol. The Balaban J connectivity index is 1.91. The molecule has 0 atom stereocenters. The number of methoxy groups -OCH3 is 2. The van der Waals surface area contributed by atoms with Crippen LogP contribution in [0.25, 0.3) is 0 Å². The Morgan fingerprint density at radius 3 is 2.24 bits per heavy atom. The van der Waals surface area contributed by atoms with Crippen molar-refractivity contribution in [1.29, 1.82) is 0 Å². The van der Waals surface area contributed by atoms with E-state index in [1.54, 1.807) is 13.2 Å². The molecular formula is C26H28ClNO5. The number of ketones is 2. The number of hydrogen-bond donors (Lipinski definition) is 0. The van der Waals surface area contributed by atoms with Crippen LogP contribution in [0.15, 0.2) is 34.7 Å². The van der Waals surface area contributed by atoms with Crippen molar-refractivity contribution in [2.45, 2.75) is 44.4 Å². The third kappa shape index (κ3) is 4.28. The van der Waals surface area contributed by atoms with Crippen LogP contribution in [-0.4, -0.2) is 50.4 Å². The molecule has 0 amide bonds. The van der Waals surface area contributed by atoms with Gasteiger partial charge < -0.3 is 19.1 Å². The Morgan fingerprint density at radius 1 is 1.06 bits per heavy atom. The molecule has 0 bridgehead atoms. The Bertz CT molecular complexity index is 1040. The summed E-state index contributed by atoms with van der Waals surface area (Å²) in [5.41, 5.74) is 4.15. The van der Waals surface area contributed by atoms with Crippen LogP contribution < -0.4 is 9.47 Å². The summed E-state index contributed by atoms with van der Waals surface area (Å²) in [6.07, 6.45) is 9.45. The summed E-state index contributed by atoms with van der Waals surface area (Å²) in [7, 11) is 3.19. The van der Waals surface area contributed by atoms with Gasteiger partial charge in [-0.2, -0.15) is 0 Å². The van der Waals surface area contributed by atoms with Crippen molar-refractivity contribution in [1.82, 2.24) is 4.90 Å². The highest BCUT2D eigenvalue weighted by Crippen LogP contribution is 2.51. The predicted molar refractivity (Wildman–Crippen MR) is 125 cm³/mol. The van der Waals surface area contributed by atoms with Gasteiger partial charge in [0.1, 0.15) is 6.61 Å². The van der Waals surface area contributed by atoms with E-state index < -0.39 is 5.92 Å². The number of carbonyl (C=O) groups excluding carboxylic acids is 2. The molecule has 0 saturated carbocycles. The highest BCUT2D eigenvalue weighted by molar-refractivity contribution is 6.32. The van der Waals surface area contributed by atoms with Gasteiger partial charge in [0.05, 0.1) is 18.7 Å². The van der Waals surface area contributed by atoms with Crippen LogP contribution in [-0.2, 0) is 14.3 Å². The maximum absolute atomic E-state index is 13.3. The number of halogens is 1. The van der Waals surface area contributed by atoms with Crippen molar-refractivity contribution in [3.05, 3.63) is 45.3 Å². The quantitative estimate of drug-likeness (QED) is 0.551. The number of ether oxygens (including phenoxy) is 3. The van der Waals surface area contributed by atoms with E-state index in [0.717, 1.165) is 42.6 Å². The summed E-state index contributed by atoms with van der Waals surface area (Å²) in [6, 6.07) is 3.58. The Labute approximate surface area is 199 Å². The molecule has 1 heterocycles. The third-order valence-electron chi connectivity index (χ3n) is 6.49. The number of rotatable bonds is 7. The summed E-state index contributed by atoms with van der Waals surface area (Å²) in [5.74, 6) is 2.89. The third-order valence-corrected chi connectivity index (χ3v) is 6.77. The minimum Gasteiger partial charge on any atom is -0.493 e. The Hall–Kier alpha value is -2.75. The normalized spacial score (nSPS) is 18.8. The van der Waals surface area contributed by atoms with E-state index in [-0.39, 0.29) is 18.2 Å². The van der Waals surface area contributed by atoms with Gasteiger partial charge in [0, 0.05) is 55.0 Å². The molecule has 7 heteroatoms. The largest absolute Gasteiger partial charge is 0.493 e. The zero-order valence-electron chi connectivity index (χ0n) is 19.0. The fraction of sp³-hybridized carbons (Fsp3) is 0.462. The number of nitrogens with zero attached hydrogens (tertiary/aromatic N) is 1. The van der Waals surface area contributed by atoms with Gasteiger partial charge in [-0.3, -0.25) is 9.59 Å². The van der Waals surface area contributed by atoms with Gasteiger partial charge in [0.2, 0.25) is 0 Å². The van der Waals surface area contributed by atoms with E-state index in [4.69, 9.17) is 32.2 Å². The molecule has 2 aliphatic carbocycles. The number of allylic oxidation sites excluding steroid dienone is 4. The van der Waals surface area contributed by atoms with E-state index in [0.29, 0.717) is 53.7 Å². The molecule has 0 radical (unpaired) electrons.